The minimum atomic E-state index is -0.418. The largest absolute Gasteiger partial charge is 0.436 e. The van der Waals surface area contributed by atoms with E-state index < -0.39 is 5.56 Å². The van der Waals surface area contributed by atoms with Crippen molar-refractivity contribution in [1.29, 1.82) is 0 Å². The van der Waals surface area contributed by atoms with E-state index in [2.05, 4.69) is 9.97 Å². The number of nitrogens with one attached hydrogen (secondary N) is 1. The van der Waals surface area contributed by atoms with Crippen LogP contribution < -0.4 is 10.3 Å². The monoisotopic (exact) mass is 268 g/mol. The summed E-state index contributed by atoms with van der Waals surface area (Å²) in [5.74, 6) is 0.733. The van der Waals surface area contributed by atoms with E-state index in [4.69, 9.17) is 16.3 Å². The van der Waals surface area contributed by atoms with Gasteiger partial charge in [-0.3, -0.25) is 4.79 Å². The highest BCUT2D eigenvalue weighted by atomic mass is 35.5. The van der Waals surface area contributed by atoms with Crippen molar-refractivity contribution in [2.45, 2.75) is 4.90 Å². The highest BCUT2D eigenvalue weighted by Crippen LogP contribution is 2.31. The Bertz CT molecular complexity index is 586. The van der Waals surface area contributed by atoms with Crippen LogP contribution in [0.2, 0.25) is 5.02 Å². The van der Waals surface area contributed by atoms with Crippen LogP contribution in [0.15, 0.2) is 40.3 Å². The first kappa shape index (κ1) is 12.0. The zero-order chi connectivity index (χ0) is 12.3. The van der Waals surface area contributed by atoms with Crippen LogP contribution >= 0.6 is 23.4 Å². The van der Waals surface area contributed by atoms with E-state index in [1.807, 2.05) is 24.5 Å². The van der Waals surface area contributed by atoms with Gasteiger partial charge in [-0.15, -0.1) is 11.8 Å². The van der Waals surface area contributed by atoms with Gasteiger partial charge in [-0.25, -0.2) is 4.98 Å². The molecule has 0 radical (unpaired) electrons. The van der Waals surface area contributed by atoms with Crippen LogP contribution in [-0.4, -0.2) is 16.2 Å². The summed E-state index contributed by atoms with van der Waals surface area (Å²) in [7, 11) is 0. The predicted octanol–water partition coefficient (Wildman–Crippen LogP) is 2.94. The summed E-state index contributed by atoms with van der Waals surface area (Å²) in [5, 5.41) is -0.0524. The van der Waals surface area contributed by atoms with E-state index in [0.29, 0.717) is 5.75 Å². The number of aromatic nitrogens is 2. The minimum absolute atomic E-state index is 0.0524. The Morgan fingerprint density at radius 2 is 2.18 bits per heavy atom. The highest BCUT2D eigenvalue weighted by Gasteiger charge is 2.10. The number of nitrogens with zero attached hydrogens (tertiary/aromatic N) is 1. The van der Waals surface area contributed by atoms with Gasteiger partial charge >= 0.3 is 0 Å². The van der Waals surface area contributed by atoms with Gasteiger partial charge in [0.05, 0.1) is 6.33 Å². The molecule has 0 saturated heterocycles. The lowest BCUT2D eigenvalue weighted by molar-refractivity contribution is 0.450. The van der Waals surface area contributed by atoms with E-state index in [9.17, 15) is 4.79 Å². The number of benzene rings is 1. The molecule has 0 saturated carbocycles. The summed E-state index contributed by atoms with van der Waals surface area (Å²) in [6.07, 6.45) is 3.19. The van der Waals surface area contributed by atoms with Crippen LogP contribution in [0.25, 0.3) is 0 Å². The van der Waals surface area contributed by atoms with Gasteiger partial charge < -0.3 is 9.72 Å². The number of rotatable bonds is 3. The number of ether oxygens (including phenoxy) is 1. The van der Waals surface area contributed by atoms with Gasteiger partial charge in [-0.2, -0.15) is 0 Å². The van der Waals surface area contributed by atoms with E-state index in [1.165, 1.54) is 6.33 Å². The Balaban J connectivity index is 2.38. The van der Waals surface area contributed by atoms with Crippen molar-refractivity contribution in [2.24, 2.45) is 0 Å². The predicted molar refractivity (Wildman–Crippen MR) is 68.2 cm³/mol. The van der Waals surface area contributed by atoms with E-state index >= 15 is 0 Å². The van der Waals surface area contributed by atoms with Crippen molar-refractivity contribution in [3.63, 3.8) is 0 Å². The molecule has 17 heavy (non-hydrogen) atoms. The molecule has 4 nitrogen and oxygen atoms in total. The van der Waals surface area contributed by atoms with Crippen LogP contribution in [0, 0.1) is 0 Å². The fraction of sp³-hybridized carbons (Fsp3) is 0.0909. The van der Waals surface area contributed by atoms with Gasteiger partial charge in [0.15, 0.2) is 5.02 Å². The summed E-state index contributed by atoms with van der Waals surface area (Å²) < 4.78 is 5.53. The van der Waals surface area contributed by atoms with Gasteiger partial charge in [-0.05, 0) is 18.4 Å². The molecule has 1 N–H and O–H groups in total. The first-order chi connectivity index (χ1) is 8.22. The fourth-order valence-electron chi connectivity index (χ4n) is 1.25. The van der Waals surface area contributed by atoms with Crippen molar-refractivity contribution in [3.8, 4) is 11.6 Å². The molecule has 0 aliphatic heterocycles. The maximum Gasteiger partial charge on any atom is 0.273 e. The Labute approximate surface area is 107 Å². The summed E-state index contributed by atoms with van der Waals surface area (Å²) in [4.78, 5) is 18.5. The lowest BCUT2D eigenvalue weighted by Gasteiger charge is -2.08. The third-order valence-electron chi connectivity index (χ3n) is 2.04. The van der Waals surface area contributed by atoms with Crippen molar-refractivity contribution >= 4 is 23.4 Å². The molecule has 2 aromatic rings. The van der Waals surface area contributed by atoms with Gasteiger partial charge in [0.25, 0.3) is 5.56 Å². The van der Waals surface area contributed by atoms with Crippen molar-refractivity contribution < 1.29 is 4.74 Å². The van der Waals surface area contributed by atoms with Crippen molar-refractivity contribution in [3.05, 3.63) is 46.0 Å². The molecule has 0 amide bonds. The number of para-hydroxylation sites is 1. The Hall–Kier alpha value is -1.46. The molecule has 88 valence electrons. The van der Waals surface area contributed by atoms with Crippen LogP contribution in [0.5, 0.6) is 11.6 Å². The zero-order valence-electron chi connectivity index (χ0n) is 8.94. The summed E-state index contributed by atoms with van der Waals surface area (Å²) in [5.41, 5.74) is -0.418. The Kier molecular flexibility index (Phi) is 3.71. The van der Waals surface area contributed by atoms with E-state index in [-0.39, 0.29) is 10.9 Å². The lowest BCUT2D eigenvalue weighted by Crippen LogP contribution is -2.07. The molecule has 0 aliphatic rings. The number of halogens is 1. The van der Waals surface area contributed by atoms with Gasteiger partial charge in [0.2, 0.25) is 5.88 Å². The topological polar surface area (TPSA) is 55.0 Å². The van der Waals surface area contributed by atoms with Crippen LogP contribution in [-0.2, 0) is 0 Å². The first-order valence-corrected chi connectivity index (χ1v) is 6.36. The number of hydrogen-bond donors (Lipinski definition) is 1. The fourth-order valence-corrected chi connectivity index (χ4v) is 1.91. The molecule has 0 spiro atoms. The molecule has 2 rings (SSSR count). The first-order valence-electron chi connectivity index (χ1n) is 4.76. The van der Waals surface area contributed by atoms with Crippen LogP contribution in [0.3, 0.4) is 0 Å². The summed E-state index contributed by atoms with van der Waals surface area (Å²) >= 11 is 7.34. The molecule has 6 heteroatoms. The second-order valence-corrected chi connectivity index (χ2v) is 4.33. The standard InChI is InChI=1S/C11H9ClN2O2S/c1-17-8-5-3-2-4-7(8)16-11-9(12)10(15)13-6-14-11/h2-6H,1H3,(H,13,14,15). The second-order valence-electron chi connectivity index (χ2n) is 3.10. The molecule has 0 aliphatic carbocycles. The molecular formula is C11H9ClN2O2S. The molecule has 0 unspecified atom stereocenters. The molecule has 1 aromatic carbocycles. The Morgan fingerprint density at radius 3 is 2.94 bits per heavy atom. The van der Waals surface area contributed by atoms with Crippen molar-refractivity contribution in [2.75, 3.05) is 6.26 Å². The number of hydrogen-bond acceptors (Lipinski definition) is 4. The second kappa shape index (κ2) is 5.25. The maximum atomic E-state index is 11.3. The number of aromatic amines is 1. The van der Waals surface area contributed by atoms with E-state index in [0.717, 1.165) is 4.90 Å². The number of H-pyrrole nitrogens is 1. The minimum Gasteiger partial charge on any atom is -0.436 e. The molecule has 0 fully saturated rings. The van der Waals surface area contributed by atoms with Crippen LogP contribution in [0.1, 0.15) is 0 Å². The van der Waals surface area contributed by atoms with Crippen LogP contribution in [0.4, 0.5) is 0 Å². The zero-order valence-corrected chi connectivity index (χ0v) is 10.5. The van der Waals surface area contributed by atoms with Gasteiger partial charge in [0, 0.05) is 4.90 Å². The highest BCUT2D eigenvalue weighted by molar-refractivity contribution is 7.98. The molecule has 1 heterocycles. The number of thioether (sulfide) groups is 1. The smallest absolute Gasteiger partial charge is 0.273 e. The molecular weight excluding hydrogens is 260 g/mol. The molecule has 1 aromatic heterocycles. The third-order valence-corrected chi connectivity index (χ3v) is 3.15. The molecule has 0 bridgehead atoms. The third kappa shape index (κ3) is 2.62. The summed E-state index contributed by atoms with van der Waals surface area (Å²) in [6, 6.07) is 7.47. The quantitative estimate of drug-likeness (QED) is 0.870. The average Bonchev–Trinajstić information content (AvgIpc) is 2.35. The Morgan fingerprint density at radius 1 is 1.41 bits per heavy atom. The average molecular weight is 269 g/mol. The van der Waals surface area contributed by atoms with Crippen molar-refractivity contribution in [1.82, 2.24) is 9.97 Å². The van der Waals surface area contributed by atoms with Gasteiger partial charge in [0.1, 0.15) is 5.75 Å². The maximum absolute atomic E-state index is 11.3. The summed E-state index contributed by atoms with van der Waals surface area (Å²) in [6.45, 7) is 0. The SMILES string of the molecule is CSc1ccccc1Oc1nc[nH]c(=O)c1Cl. The molecule has 0 atom stereocenters. The normalized spacial score (nSPS) is 10.2. The van der Waals surface area contributed by atoms with Gasteiger partial charge in [-0.1, -0.05) is 23.7 Å². The lowest BCUT2D eigenvalue weighted by atomic mass is 10.3. The van der Waals surface area contributed by atoms with E-state index in [1.54, 1.807) is 17.8 Å².